The first-order valence-electron chi connectivity index (χ1n) is 10.3. The molecule has 2 aromatic carbocycles. The van der Waals surface area contributed by atoms with Crippen molar-refractivity contribution in [1.82, 2.24) is 0 Å². The molecule has 0 atom stereocenters. The van der Waals surface area contributed by atoms with E-state index >= 15 is 0 Å². The summed E-state index contributed by atoms with van der Waals surface area (Å²) in [7, 11) is 0. The van der Waals surface area contributed by atoms with E-state index in [1.165, 1.54) is 24.3 Å². The molecular formula is C25H16Cl4O6. The molecule has 1 fully saturated rings. The van der Waals surface area contributed by atoms with Gasteiger partial charge in [-0.25, -0.2) is 9.59 Å². The molecule has 10 heteroatoms. The van der Waals surface area contributed by atoms with Crippen molar-refractivity contribution < 1.29 is 29.7 Å². The topological polar surface area (TPSA) is 112 Å². The number of benzene rings is 2. The third-order valence-corrected chi connectivity index (χ3v) is 7.15. The Hall–Kier alpha value is -2.77. The average Bonchev–Trinajstić information content (AvgIpc) is 3.61. The maximum atomic E-state index is 12.4. The predicted octanol–water partition coefficient (Wildman–Crippen LogP) is 7.08. The van der Waals surface area contributed by atoms with Crippen molar-refractivity contribution in [2.75, 3.05) is 0 Å². The summed E-state index contributed by atoms with van der Waals surface area (Å²) >= 11 is 25.3. The molecule has 3 N–H and O–H groups in total. The van der Waals surface area contributed by atoms with Crippen molar-refractivity contribution in [3.05, 3.63) is 89.4 Å². The van der Waals surface area contributed by atoms with Gasteiger partial charge in [0.2, 0.25) is 0 Å². The number of halogens is 4. The Labute approximate surface area is 219 Å². The first kappa shape index (κ1) is 25.3. The van der Waals surface area contributed by atoms with Gasteiger partial charge < -0.3 is 15.3 Å². The highest BCUT2D eigenvalue weighted by Crippen LogP contribution is 2.50. The summed E-state index contributed by atoms with van der Waals surface area (Å²) in [6.45, 7) is 1.63. The second kappa shape index (κ2) is 9.36. The van der Waals surface area contributed by atoms with Crippen molar-refractivity contribution in [1.29, 1.82) is 0 Å². The van der Waals surface area contributed by atoms with Crippen LogP contribution in [0.3, 0.4) is 0 Å². The van der Waals surface area contributed by atoms with E-state index in [1.54, 1.807) is 6.92 Å². The first-order valence-corrected chi connectivity index (χ1v) is 11.8. The fraction of sp³-hybridized carbons (Fsp3) is 0.160. The van der Waals surface area contributed by atoms with Crippen molar-refractivity contribution in [2.24, 2.45) is 0 Å². The lowest BCUT2D eigenvalue weighted by Crippen LogP contribution is -2.12. The van der Waals surface area contributed by atoms with E-state index in [-0.39, 0.29) is 42.9 Å². The summed E-state index contributed by atoms with van der Waals surface area (Å²) in [5.74, 6) is -3.42. The van der Waals surface area contributed by atoms with Gasteiger partial charge in [0.1, 0.15) is 5.75 Å². The summed E-state index contributed by atoms with van der Waals surface area (Å²) in [4.78, 5) is 36.5. The van der Waals surface area contributed by atoms with Crippen LogP contribution in [-0.4, -0.2) is 33.0 Å². The van der Waals surface area contributed by atoms with E-state index in [2.05, 4.69) is 0 Å². The number of carboxylic acids is 2. The Bertz CT molecular complexity index is 1430. The van der Waals surface area contributed by atoms with Gasteiger partial charge in [0.05, 0.1) is 31.2 Å². The minimum absolute atomic E-state index is 0.0143. The average molecular weight is 554 g/mol. The molecule has 0 amide bonds. The van der Waals surface area contributed by atoms with Crippen molar-refractivity contribution >= 4 is 69.7 Å². The Morgan fingerprint density at radius 2 is 1.51 bits per heavy atom. The zero-order valence-electron chi connectivity index (χ0n) is 18.0. The van der Waals surface area contributed by atoms with Gasteiger partial charge in [0, 0.05) is 5.56 Å². The molecule has 0 heterocycles. The number of carbonyl (C=O) groups excluding carboxylic acids is 1. The van der Waals surface area contributed by atoms with Gasteiger partial charge in [-0.3, -0.25) is 4.79 Å². The number of phenolic OH excluding ortho intramolecular Hbond substituents is 1. The van der Waals surface area contributed by atoms with Gasteiger partial charge in [-0.15, -0.1) is 0 Å². The minimum Gasteiger partial charge on any atom is -0.506 e. The summed E-state index contributed by atoms with van der Waals surface area (Å²) in [5.41, 5.74) is 1.03. The van der Waals surface area contributed by atoms with Gasteiger partial charge in [-0.2, -0.15) is 0 Å². The van der Waals surface area contributed by atoms with Crippen LogP contribution in [0, 0.1) is 0 Å². The van der Waals surface area contributed by atoms with E-state index in [0.29, 0.717) is 22.3 Å². The summed E-state index contributed by atoms with van der Waals surface area (Å²) in [6, 6.07) is 3.93. The van der Waals surface area contributed by atoms with Crippen molar-refractivity contribution in [3.8, 4) is 5.75 Å². The van der Waals surface area contributed by atoms with Gasteiger partial charge in [0.15, 0.2) is 5.78 Å². The monoisotopic (exact) mass is 552 g/mol. The number of hydrogen-bond donors (Lipinski definition) is 3. The zero-order valence-corrected chi connectivity index (χ0v) is 21.0. The number of aromatic hydroxyl groups is 1. The normalized spacial score (nSPS) is 17.1. The molecule has 0 spiro atoms. The van der Waals surface area contributed by atoms with Gasteiger partial charge >= 0.3 is 11.9 Å². The number of carboxylic acid groups (broad SMARTS) is 2. The van der Waals surface area contributed by atoms with Gasteiger partial charge in [-0.05, 0) is 83.9 Å². The molecule has 0 aromatic heterocycles. The summed E-state index contributed by atoms with van der Waals surface area (Å²) in [6.07, 6.45) is 4.29. The zero-order chi connectivity index (χ0) is 25.8. The van der Waals surface area contributed by atoms with E-state index in [0.717, 1.165) is 18.9 Å². The quantitative estimate of drug-likeness (QED) is 0.364. The van der Waals surface area contributed by atoms with Gasteiger partial charge in [-0.1, -0.05) is 46.4 Å². The van der Waals surface area contributed by atoms with E-state index in [9.17, 15) is 29.7 Å². The Morgan fingerprint density at radius 3 is 2.09 bits per heavy atom. The maximum absolute atomic E-state index is 12.4. The lowest BCUT2D eigenvalue weighted by atomic mass is 9.82. The van der Waals surface area contributed by atoms with Crippen LogP contribution < -0.4 is 0 Å². The first-order chi connectivity index (χ1) is 16.4. The third kappa shape index (κ3) is 4.59. The summed E-state index contributed by atoms with van der Waals surface area (Å²) < 4.78 is 0. The van der Waals surface area contributed by atoms with Crippen LogP contribution in [0.2, 0.25) is 15.1 Å². The molecule has 4 rings (SSSR count). The molecule has 0 radical (unpaired) electrons. The Morgan fingerprint density at radius 1 is 0.886 bits per heavy atom. The lowest BCUT2D eigenvalue weighted by Gasteiger charge is -2.23. The third-order valence-electron chi connectivity index (χ3n) is 5.86. The van der Waals surface area contributed by atoms with Crippen molar-refractivity contribution in [2.45, 2.75) is 25.7 Å². The molecule has 35 heavy (non-hydrogen) atoms. The Balaban J connectivity index is 2.26. The molecule has 0 aliphatic heterocycles. The van der Waals surface area contributed by atoms with Crippen LogP contribution >= 0.6 is 46.4 Å². The maximum Gasteiger partial charge on any atom is 0.337 e. The van der Waals surface area contributed by atoms with E-state index in [1.807, 2.05) is 0 Å². The number of rotatable bonds is 5. The summed E-state index contributed by atoms with van der Waals surface area (Å²) in [5, 5.41) is 29.2. The molecule has 0 saturated heterocycles. The molecule has 180 valence electrons. The Kier molecular flexibility index (Phi) is 6.77. The molecule has 0 unspecified atom stereocenters. The fourth-order valence-corrected chi connectivity index (χ4v) is 5.03. The molecule has 0 bridgehead atoms. The molecule has 2 aliphatic rings. The smallest absolute Gasteiger partial charge is 0.337 e. The molecule has 1 saturated carbocycles. The molecular weight excluding hydrogens is 538 g/mol. The van der Waals surface area contributed by atoms with Crippen LogP contribution in [0.25, 0.3) is 5.57 Å². The molecule has 2 aliphatic carbocycles. The minimum atomic E-state index is -1.44. The van der Waals surface area contributed by atoms with Crippen LogP contribution in [0.5, 0.6) is 5.75 Å². The molecule has 2 aromatic rings. The number of hydrogen-bond acceptors (Lipinski definition) is 4. The predicted molar refractivity (Wildman–Crippen MR) is 134 cm³/mol. The van der Waals surface area contributed by atoms with Crippen LogP contribution in [0.1, 0.15) is 63.1 Å². The van der Waals surface area contributed by atoms with Gasteiger partial charge in [0.25, 0.3) is 0 Å². The highest BCUT2D eigenvalue weighted by Gasteiger charge is 2.34. The van der Waals surface area contributed by atoms with Crippen LogP contribution in [-0.2, 0) is 4.79 Å². The standard InChI is InChI=1S/C25H16Cl4O6/c1-9-4-18(30)15(26)5-11(9)20(13-6-16(27)19(31)8-12(13)10-2-3-10)22-21(25(34)35)17(28)7-14(23(22)29)24(32)33/h4-8,10,31H,2-3H2,1H3,(H,32,33)(H,34,35). The lowest BCUT2D eigenvalue weighted by molar-refractivity contribution is -0.110. The SMILES string of the molecule is CC1=CC(=O)C(Cl)=CC1=C(c1cc(Cl)c(O)cc1C1CC1)c1c(Cl)c(C(=O)O)cc(Cl)c1C(=O)O. The number of phenols is 1. The van der Waals surface area contributed by atoms with E-state index < -0.39 is 28.8 Å². The number of carbonyl (C=O) groups is 3. The number of allylic oxidation sites excluding steroid dienone is 5. The second-order valence-corrected chi connectivity index (χ2v) is 9.82. The second-order valence-electron chi connectivity index (χ2n) is 8.22. The van der Waals surface area contributed by atoms with E-state index in [4.69, 9.17) is 46.4 Å². The highest BCUT2D eigenvalue weighted by atomic mass is 35.5. The van der Waals surface area contributed by atoms with Crippen molar-refractivity contribution in [3.63, 3.8) is 0 Å². The largest absolute Gasteiger partial charge is 0.506 e. The molecule has 6 nitrogen and oxygen atoms in total. The number of aromatic carboxylic acids is 2. The fourth-order valence-electron chi connectivity index (χ4n) is 4.09. The van der Waals surface area contributed by atoms with Crippen LogP contribution in [0.4, 0.5) is 0 Å². The number of ketones is 1. The van der Waals surface area contributed by atoms with Crippen LogP contribution in [0.15, 0.2) is 46.5 Å². The highest BCUT2D eigenvalue weighted by molar-refractivity contribution is 6.45.